The number of rotatable bonds is 1. The molecule has 8 heavy (non-hydrogen) atoms. The lowest BCUT2D eigenvalue weighted by atomic mass is 10.6. The first-order valence-corrected chi connectivity index (χ1v) is 3.65. The van der Waals surface area contributed by atoms with Crippen LogP contribution in [0.5, 0.6) is 0 Å². The van der Waals surface area contributed by atoms with Crippen molar-refractivity contribution >= 4 is 16.8 Å². The summed E-state index contributed by atoms with van der Waals surface area (Å²) in [5.74, 6) is 0. The van der Waals surface area contributed by atoms with E-state index in [1.54, 1.807) is 11.8 Å². The van der Waals surface area contributed by atoms with Gasteiger partial charge in [0.2, 0.25) is 0 Å². The van der Waals surface area contributed by atoms with Gasteiger partial charge in [-0.2, -0.15) is 0 Å². The van der Waals surface area contributed by atoms with Crippen molar-refractivity contribution in [3.63, 3.8) is 0 Å². The molecule has 0 amide bonds. The third-order valence-corrected chi connectivity index (χ3v) is 1.72. The first-order chi connectivity index (χ1) is 3.66. The van der Waals surface area contributed by atoms with Crippen molar-refractivity contribution in [2.45, 2.75) is 26.0 Å². The van der Waals surface area contributed by atoms with Crippen LogP contribution in [-0.4, -0.2) is 17.3 Å². The minimum atomic E-state index is 0.665. The summed E-state index contributed by atoms with van der Waals surface area (Å²) in [6.45, 7) is 6.36. The second-order valence-corrected chi connectivity index (χ2v) is 3.68. The molecule has 0 aromatic rings. The number of hydrogen-bond acceptors (Lipinski definition) is 2. The zero-order chi connectivity index (χ0) is 6.57. The monoisotopic (exact) mass is 131 g/mol. The Labute approximate surface area is 55.6 Å². The van der Waals surface area contributed by atoms with E-state index in [1.807, 2.05) is 14.0 Å². The van der Waals surface area contributed by atoms with Crippen molar-refractivity contribution in [1.29, 1.82) is 0 Å². The SMILES string of the molecule is CN=C(C)SC(C)C. The van der Waals surface area contributed by atoms with Gasteiger partial charge in [-0.25, -0.2) is 0 Å². The van der Waals surface area contributed by atoms with Crippen molar-refractivity contribution in [3.8, 4) is 0 Å². The van der Waals surface area contributed by atoms with Crippen molar-refractivity contribution in [2.24, 2.45) is 4.99 Å². The topological polar surface area (TPSA) is 12.4 Å². The van der Waals surface area contributed by atoms with Gasteiger partial charge in [-0.1, -0.05) is 13.8 Å². The molecule has 1 nitrogen and oxygen atoms in total. The third-order valence-electron chi connectivity index (χ3n) is 0.721. The van der Waals surface area contributed by atoms with E-state index in [9.17, 15) is 0 Å². The summed E-state index contributed by atoms with van der Waals surface area (Å²) in [4.78, 5) is 4.01. The minimum Gasteiger partial charge on any atom is -0.287 e. The second-order valence-electron chi connectivity index (χ2n) is 1.91. The van der Waals surface area contributed by atoms with Crippen LogP contribution in [-0.2, 0) is 0 Å². The molecule has 0 aromatic carbocycles. The summed E-state index contributed by atoms with van der Waals surface area (Å²) in [5, 5.41) is 1.83. The first-order valence-electron chi connectivity index (χ1n) is 2.77. The predicted molar refractivity (Wildman–Crippen MR) is 41.8 cm³/mol. The van der Waals surface area contributed by atoms with Crippen LogP contribution in [0.4, 0.5) is 0 Å². The summed E-state index contributed by atoms with van der Waals surface area (Å²) in [6, 6.07) is 0. The van der Waals surface area contributed by atoms with Gasteiger partial charge < -0.3 is 0 Å². The van der Waals surface area contributed by atoms with E-state index in [-0.39, 0.29) is 0 Å². The molecule has 0 radical (unpaired) electrons. The van der Waals surface area contributed by atoms with Gasteiger partial charge >= 0.3 is 0 Å². The maximum Gasteiger partial charge on any atom is 0.0643 e. The number of hydrogen-bond donors (Lipinski definition) is 0. The molecule has 48 valence electrons. The lowest BCUT2D eigenvalue weighted by Crippen LogP contribution is -1.92. The van der Waals surface area contributed by atoms with Gasteiger partial charge in [0.1, 0.15) is 0 Å². The van der Waals surface area contributed by atoms with Gasteiger partial charge in [-0.05, 0) is 6.92 Å². The molecule has 0 aliphatic rings. The molecule has 0 rings (SSSR count). The van der Waals surface area contributed by atoms with Crippen molar-refractivity contribution in [2.75, 3.05) is 7.05 Å². The largest absolute Gasteiger partial charge is 0.287 e. The fourth-order valence-corrected chi connectivity index (χ4v) is 1.18. The maximum atomic E-state index is 4.01. The highest BCUT2D eigenvalue weighted by Crippen LogP contribution is 2.10. The Kier molecular flexibility index (Phi) is 3.97. The molecule has 0 aliphatic heterocycles. The molecule has 0 fully saturated rings. The van der Waals surface area contributed by atoms with Crippen LogP contribution in [0.25, 0.3) is 0 Å². The van der Waals surface area contributed by atoms with Crippen LogP contribution in [0, 0.1) is 0 Å². The molecule has 0 saturated carbocycles. The summed E-state index contributed by atoms with van der Waals surface area (Å²) in [6.07, 6.45) is 0. The molecule has 0 bridgehead atoms. The molecule has 0 aromatic heterocycles. The number of aliphatic imine (C=N–C) groups is 1. The van der Waals surface area contributed by atoms with Gasteiger partial charge in [0.15, 0.2) is 0 Å². The van der Waals surface area contributed by atoms with E-state index >= 15 is 0 Å². The van der Waals surface area contributed by atoms with Crippen LogP contribution in [0.15, 0.2) is 4.99 Å². The van der Waals surface area contributed by atoms with Crippen LogP contribution in [0.1, 0.15) is 20.8 Å². The van der Waals surface area contributed by atoms with E-state index in [2.05, 4.69) is 18.8 Å². The van der Waals surface area contributed by atoms with Crippen molar-refractivity contribution < 1.29 is 0 Å². The molecule has 0 saturated heterocycles. The molecular weight excluding hydrogens is 118 g/mol. The minimum absolute atomic E-state index is 0.665. The van der Waals surface area contributed by atoms with E-state index in [0.29, 0.717) is 5.25 Å². The summed E-state index contributed by atoms with van der Waals surface area (Å²) < 4.78 is 0. The van der Waals surface area contributed by atoms with Gasteiger partial charge in [-0.3, -0.25) is 4.99 Å². The average Bonchev–Trinajstić information content (AvgIpc) is 1.65. The first kappa shape index (κ1) is 8.02. The Morgan fingerprint density at radius 3 is 2.12 bits per heavy atom. The Morgan fingerprint density at radius 1 is 1.50 bits per heavy atom. The molecule has 0 atom stereocenters. The summed E-state index contributed by atoms with van der Waals surface area (Å²) in [7, 11) is 1.82. The lowest BCUT2D eigenvalue weighted by Gasteiger charge is -2.00. The molecule has 0 aliphatic carbocycles. The lowest BCUT2D eigenvalue weighted by molar-refractivity contribution is 1.12. The van der Waals surface area contributed by atoms with Crippen molar-refractivity contribution in [1.82, 2.24) is 0 Å². The zero-order valence-corrected chi connectivity index (χ0v) is 6.75. The van der Waals surface area contributed by atoms with E-state index in [1.165, 1.54) is 5.04 Å². The standard InChI is InChI=1S/C6H13NS/c1-5(2)8-6(3)7-4/h5H,1-4H3. The number of thioether (sulfide) groups is 1. The van der Waals surface area contributed by atoms with Gasteiger partial charge in [0, 0.05) is 12.3 Å². The van der Waals surface area contributed by atoms with Crippen LogP contribution in [0.3, 0.4) is 0 Å². The molecule has 0 N–H and O–H groups in total. The van der Waals surface area contributed by atoms with E-state index in [4.69, 9.17) is 0 Å². The Bertz CT molecular complexity index is 86.5. The second kappa shape index (κ2) is 3.96. The van der Waals surface area contributed by atoms with Gasteiger partial charge in [-0.15, -0.1) is 11.8 Å². The maximum absolute atomic E-state index is 4.01. The number of nitrogens with zero attached hydrogens (tertiary/aromatic N) is 1. The normalized spacial score (nSPS) is 12.9. The Hall–Kier alpha value is 0.0200. The smallest absolute Gasteiger partial charge is 0.0643 e. The average molecular weight is 131 g/mol. The third kappa shape index (κ3) is 4.19. The highest BCUT2D eigenvalue weighted by atomic mass is 32.2. The molecular formula is C6H13NS. The molecule has 2 heteroatoms. The zero-order valence-electron chi connectivity index (χ0n) is 5.93. The van der Waals surface area contributed by atoms with Gasteiger partial charge in [0.05, 0.1) is 5.04 Å². The highest BCUT2D eigenvalue weighted by molar-refractivity contribution is 8.14. The van der Waals surface area contributed by atoms with E-state index < -0.39 is 0 Å². The highest BCUT2D eigenvalue weighted by Gasteiger charge is 1.93. The summed E-state index contributed by atoms with van der Waals surface area (Å²) in [5.41, 5.74) is 0. The quantitative estimate of drug-likeness (QED) is 0.392. The van der Waals surface area contributed by atoms with Crippen LogP contribution >= 0.6 is 11.8 Å². The summed E-state index contributed by atoms with van der Waals surface area (Å²) >= 11 is 1.80. The Balaban J connectivity index is 3.39. The van der Waals surface area contributed by atoms with Crippen LogP contribution < -0.4 is 0 Å². The van der Waals surface area contributed by atoms with Gasteiger partial charge in [0.25, 0.3) is 0 Å². The van der Waals surface area contributed by atoms with Crippen molar-refractivity contribution in [3.05, 3.63) is 0 Å². The fraction of sp³-hybridized carbons (Fsp3) is 0.833. The predicted octanol–water partition coefficient (Wildman–Crippen LogP) is 2.18. The van der Waals surface area contributed by atoms with E-state index in [0.717, 1.165) is 0 Å². The van der Waals surface area contributed by atoms with Crippen LogP contribution in [0.2, 0.25) is 0 Å². The molecule has 0 heterocycles. The molecule has 0 unspecified atom stereocenters. The Morgan fingerprint density at radius 2 is 2.00 bits per heavy atom. The fourth-order valence-electron chi connectivity index (χ4n) is 0.394. The molecule has 0 spiro atoms.